The number of carboxylic acid groups (broad SMARTS) is 1. The number of nitrogens with one attached hydrogen (secondary N) is 2. The molecule has 16 heavy (non-hydrogen) atoms. The zero-order valence-corrected chi connectivity index (χ0v) is 9.44. The molecule has 0 aromatic carbocycles. The van der Waals surface area contributed by atoms with Gasteiger partial charge < -0.3 is 20.5 Å². The maximum Gasteiger partial charge on any atom is 0.328 e. The van der Waals surface area contributed by atoms with Crippen molar-refractivity contribution in [3.05, 3.63) is 0 Å². The summed E-state index contributed by atoms with van der Waals surface area (Å²) in [7, 11) is 1.33. The highest BCUT2D eigenvalue weighted by Gasteiger charge is 2.22. The van der Waals surface area contributed by atoms with Crippen molar-refractivity contribution in [2.45, 2.75) is 25.9 Å². The third-order valence-electron chi connectivity index (χ3n) is 1.76. The molecule has 0 radical (unpaired) electrons. The highest BCUT2D eigenvalue weighted by molar-refractivity contribution is 5.89. The molecule has 0 spiro atoms. The van der Waals surface area contributed by atoms with Crippen LogP contribution in [-0.2, 0) is 19.1 Å². The summed E-state index contributed by atoms with van der Waals surface area (Å²) >= 11 is 0. The Morgan fingerprint density at radius 2 is 1.88 bits per heavy atom. The fourth-order valence-corrected chi connectivity index (χ4v) is 1.01. The van der Waals surface area contributed by atoms with Gasteiger partial charge in [0.15, 0.2) is 6.04 Å². The Morgan fingerprint density at radius 1 is 1.31 bits per heavy atom. The lowest BCUT2D eigenvalue weighted by atomic mass is 10.2. The van der Waals surface area contributed by atoms with Gasteiger partial charge in [-0.15, -0.1) is 0 Å². The van der Waals surface area contributed by atoms with E-state index in [0.29, 0.717) is 0 Å². The van der Waals surface area contributed by atoms with Crippen molar-refractivity contribution in [3.8, 4) is 0 Å². The molecule has 0 aromatic rings. The fourth-order valence-electron chi connectivity index (χ4n) is 1.01. The first-order valence-corrected chi connectivity index (χ1v) is 4.67. The number of amides is 2. The Labute approximate surface area is 93.2 Å². The zero-order chi connectivity index (χ0) is 12.7. The standard InChI is InChI=1S/C9H16N2O5/c1-5(10-6(2)12)8(13)11-7(4-16-3)9(14)15/h5,7H,4H2,1-3H3,(H,10,12)(H,11,13)(H,14,15). The van der Waals surface area contributed by atoms with E-state index in [1.807, 2.05) is 0 Å². The van der Waals surface area contributed by atoms with Gasteiger partial charge in [-0.2, -0.15) is 0 Å². The number of methoxy groups -OCH3 is 1. The maximum absolute atomic E-state index is 11.4. The number of ether oxygens (including phenoxy) is 1. The van der Waals surface area contributed by atoms with E-state index in [-0.39, 0.29) is 12.5 Å². The van der Waals surface area contributed by atoms with Crippen LogP contribution in [0.4, 0.5) is 0 Å². The number of carbonyl (C=O) groups is 3. The van der Waals surface area contributed by atoms with Crippen LogP contribution in [0.15, 0.2) is 0 Å². The summed E-state index contributed by atoms with van der Waals surface area (Å²) in [6.07, 6.45) is 0. The summed E-state index contributed by atoms with van der Waals surface area (Å²) in [5.41, 5.74) is 0. The summed E-state index contributed by atoms with van der Waals surface area (Å²) in [6.45, 7) is 2.60. The van der Waals surface area contributed by atoms with Crippen LogP contribution >= 0.6 is 0 Å². The minimum absolute atomic E-state index is 0.131. The smallest absolute Gasteiger partial charge is 0.328 e. The monoisotopic (exact) mass is 232 g/mol. The van der Waals surface area contributed by atoms with Crippen molar-refractivity contribution in [2.75, 3.05) is 13.7 Å². The average molecular weight is 232 g/mol. The summed E-state index contributed by atoms with van der Waals surface area (Å²) in [5.74, 6) is -2.12. The molecule has 0 aliphatic carbocycles. The van der Waals surface area contributed by atoms with Gasteiger partial charge >= 0.3 is 5.97 Å². The summed E-state index contributed by atoms with van der Waals surface area (Å²) < 4.78 is 4.64. The predicted octanol–water partition coefficient (Wildman–Crippen LogP) is -1.27. The number of hydrogen-bond donors (Lipinski definition) is 3. The Bertz CT molecular complexity index is 279. The highest BCUT2D eigenvalue weighted by Crippen LogP contribution is 1.89. The van der Waals surface area contributed by atoms with Gasteiger partial charge in [-0.05, 0) is 6.92 Å². The zero-order valence-electron chi connectivity index (χ0n) is 9.44. The molecular formula is C9H16N2O5. The summed E-state index contributed by atoms with van der Waals surface area (Å²) in [5, 5.41) is 13.3. The van der Waals surface area contributed by atoms with Gasteiger partial charge in [0.05, 0.1) is 6.61 Å². The van der Waals surface area contributed by atoms with Crippen LogP contribution in [0.3, 0.4) is 0 Å². The minimum Gasteiger partial charge on any atom is -0.480 e. The summed E-state index contributed by atoms with van der Waals surface area (Å²) in [4.78, 5) is 32.8. The first kappa shape index (κ1) is 14.4. The van der Waals surface area contributed by atoms with Gasteiger partial charge in [0, 0.05) is 14.0 Å². The number of hydrogen-bond acceptors (Lipinski definition) is 4. The van der Waals surface area contributed by atoms with Gasteiger partial charge in [-0.1, -0.05) is 0 Å². The van der Waals surface area contributed by atoms with Gasteiger partial charge in [0.2, 0.25) is 11.8 Å². The molecule has 2 atom stereocenters. The third-order valence-corrected chi connectivity index (χ3v) is 1.76. The van der Waals surface area contributed by atoms with Gasteiger partial charge in [-0.25, -0.2) is 4.79 Å². The van der Waals surface area contributed by atoms with E-state index < -0.39 is 24.0 Å². The SMILES string of the molecule is COCC(NC(=O)C(C)NC(C)=O)C(=O)O. The molecule has 3 N–H and O–H groups in total. The number of carbonyl (C=O) groups excluding carboxylic acids is 2. The van der Waals surface area contributed by atoms with E-state index in [4.69, 9.17) is 5.11 Å². The molecule has 0 aromatic heterocycles. The van der Waals surface area contributed by atoms with Crippen molar-refractivity contribution in [2.24, 2.45) is 0 Å². The molecule has 0 saturated carbocycles. The molecule has 0 rings (SSSR count). The van der Waals surface area contributed by atoms with E-state index in [1.54, 1.807) is 0 Å². The molecule has 0 fully saturated rings. The van der Waals surface area contributed by atoms with Crippen LogP contribution in [0.5, 0.6) is 0 Å². The summed E-state index contributed by atoms with van der Waals surface area (Å²) in [6, 6.07) is -1.90. The lowest BCUT2D eigenvalue weighted by Gasteiger charge is -2.17. The second kappa shape index (κ2) is 6.78. The molecule has 0 bridgehead atoms. The highest BCUT2D eigenvalue weighted by atomic mass is 16.5. The molecule has 0 saturated heterocycles. The van der Waals surface area contributed by atoms with Gasteiger partial charge in [0.1, 0.15) is 6.04 Å². The normalized spacial score (nSPS) is 13.7. The average Bonchev–Trinajstić information content (AvgIpc) is 2.15. The van der Waals surface area contributed by atoms with Crippen molar-refractivity contribution in [1.82, 2.24) is 10.6 Å². The second-order valence-electron chi connectivity index (χ2n) is 3.28. The lowest BCUT2D eigenvalue weighted by molar-refractivity contribution is -0.143. The molecule has 0 heterocycles. The van der Waals surface area contributed by atoms with Crippen LogP contribution in [0.25, 0.3) is 0 Å². The maximum atomic E-state index is 11.4. The first-order chi connectivity index (χ1) is 7.38. The van der Waals surface area contributed by atoms with E-state index in [0.717, 1.165) is 0 Å². The van der Waals surface area contributed by atoms with Crippen LogP contribution in [0.1, 0.15) is 13.8 Å². The predicted molar refractivity (Wildman–Crippen MR) is 54.7 cm³/mol. The van der Waals surface area contributed by atoms with Crippen molar-refractivity contribution in [1.29, 1.82) is 0 Å². The molecular weight excluding hydrogens is 216 g/mol. The topological polar surface area (TPSA) is 105 Å². The Morgan fingerprint density at radius 3 is 2.25 bits per heavy atom. The molecule has 92 valence electrons. The molecule has 2 amide bonds. The quantitative estimate of drug-likeness (QED) is 0.529. The van der Waals surface area contributed by atoms with E-state index in [1.165, 1.54) is 21.0 Å². The number of carboxylic acids is 1. The molecule has 7 heteroatoms. The second-order valence-corrected chi connectivity index (χ2v) is 3.28. The van der Waals surface area contributed by atoms with Crippen LogP contribution in [-0.4, -0.2) is 48.7 Å². The van der Waals surface area contributed by atoms with Crippen LogP contribution in [0.2, 0.25) is 0 Å². The number of rotatable bonds is 6. The minimum atomic E-state index is -1.19. The molecule has 7 nitrogen and oxygen atoms in total. The Hall–Kier alpha value is -1.63. The van der Waals surface area contributed by atoms with E-state index in [9.17, 15) is 14.4 Å². The Kier molecular flexibility index (Phi) is 6.09. The largest absolute Gasteiger partial charge is 0.480 e. The van der Waals surface area contributed by atoms with Gasteiger partial charge in [-0.3, -0.25) is 9.59 Å². The lowest BCUT2D eigenvalue weighted by Crippen LogP contribution is -2.51. The first-order valence-electron chi connectivity index (χ1n) is 4.67. The van der Waals surface area contributed by atoms with Crippen molar-refractivity contribution >= 4 is 17.8 Å². The van der Waals surface area contributed by atoms with Crippen molar-refractivity contribution < 1.29 is 24.2 Å². The third kappa shape index (κ3) is 5.30. The fraction of sp³-hybridized carbons (Fsp3) is 0.667. The van der Waals surface area contributed by atoms with E-state index in [2.05, 4.69) is 15.4 Å². The van der Waals surface area contributed by atoms with Crippen LogP contribution < -0.4 is 10.6 Å². The Balaban J connectivity index is 4.28. The molecule has 2 unspecified atom stereocenters. The van der Waals surface area contributed by atoms with Crippen molar-refractivity contribution in [3.63, 3.8) is 0 Å². The van der Waals surface area contributed by atoms with E-state index >= 15 is 0 Å². The molecule has 0 aliphatic heterocycles. The number of aliphatic carboxylic acids is 1. The van der Waals surface area contributed by atoms with Gasteiger partial charge in [0.25, 0.3) is 0 Å². The molecule has 0 aliphatic rings. The van der Waals surface area contributed by atoms with Crippen LogP contribution in [0, 0.1) is 0 Å².